The van der Waals surface area contributed by atoms with E-state index in [-0.39, 0.29) is 0 Å². The van der Waals surface area contributed by atoms with E-state index in [9.17, 15) is 0 Å². The van der Waals surface area contributed by atoms with Crippen LogP contribution in [0.4, 0.5) is 0 Å². The first kappa shape index (κ1) is 11.3. The first-order valence-electron chi connectivity index (χ1n) is 1.76. The van der Waals surface area contributed by atoms with Gasteiger partial charge in [0.25, 0.3) is 0 Å². The summed E-state index contributed by atoms with van der Waals surface area (Å²) in [6, 6.07) is 0. The summed E-state index contributed by atoms with van der Waals surface area (Å²) in [5, 5.41) is 0. The monoisotopic (exact) mass is 179 g/mol. The van der Waals surface area contributed by atoms with Crippen LogP contribution in [0.5, 0.6) is 0 Å². The molecule has 6 heteroatoms. The highest BCUT2D eigenvalue weighted by Crippen LogP contribution is 1.98. The van der Waals surface area contributed by atoms with Gasteiger partial charge in [-0.2, -0.15) is 8.42 Å². The minimum absolute atomic E-state index is 0.750. The Balaban J connectivity index is 0. The maximum atomic E-state index is 9.16. The van der Waals surface area contributed by atoms with Gasteiger partial charge in [0.05, 0.1) is 0 Å². The van der Waals surface area contributed by atoms with E-state index in [0.29, 0.717) is 0 Å². The van der Waals surface area contributed by atoms with Crippen molar-refractivity contribution in [2.45, 2.75) is 6.92 Å². The van der Waals surface area contributed by atoms with Gasteiger partial charge in [-0.15, -0.1) is 0 Å². The van der Waals surface area contributed by atoms with E-state index in [2.05, 4.69) is 21.4 Å². The van der Waals surface area contributed by atoms with E-state index in [1.54, 1.807) is 0 Å². The highest BCUT2D eigenvalue weighted by Gasteiger charge is 1.88. The van der Waals surface area contributed by atoms with E-state index in [1.807, 2.05) is 6.92 Å². The summed E-state index contributed by atoms with van der Waals surface area (Å²) in [5.41, 5.74) is 4.85. The van der Waals surface area contributed by atoms with E-state index in [1.165, 1.54) is 0 Å². The number of rotatable bonds is 0. The predicted molar refractivity (Wildman–Crippen MR) is 35.4 cm³/mol. The third-order valence-corrected chi connectivity index (χ3v) is 0. The molecule has 0 aromatic carbocycles. The zero-order chi connectivity index (χ0) is 7.21. The molecule has 0 radical (unpaired) electrons. The maximum absolute atomic E-state index is 9.16. The second-order valence-electron chi connectivity index (χ2n) is 0.787. The Morgan fingerprint density at radius 3 is 1.50 bits per heavy atom. The van der Waals surface area contributed by atoms with Crippen molar-refractivity contribution >= 4 is 29.6 Å². The summed E-state index contributed by atoms with van der Waals surface area (Å²) in [6.45, 7) is 2.65. The van der Waals surface area contributed by atoms with Gasteiger partial charge in [0.2, 0.25) is 0 Å². The van der Waals surface area contributed by atoms with Crippen LogP contribution in [0.25, 0.3) is 0 Å². The van der Waals surface area contributed by atoms with Gasteiger partial charge in [-0.3, -0.25) is 0 Å². The standard InChI is InChI=1S/C2H7N.Cl2O2S/c1-2-3;1-5(2,3)4/h2-3H2,1H3;. The van der Waals surface area contributed by atoms with Crippen LogP contribution in [0, 0.1) is 0 Å². The second-order valence-corrected chi connectivity index (χ2v) is 4.45. The number of halogens is 2. The third-order valence-electron chi connectivity index (χ3n) is 0. The fourth-order valence-corrected chi connectivity index (χ4v) is 0. The normalized spacial score (nSPS) is 9.50. The minimum atomic E-state index is -3.72. The molecule has 0 bridgehead atoms. The molecule has 0 atom stereocenters. The first-order valence-corrected chi connectivity index (χ1v) is 4.89. The lowest BCUT2D eigenvalue weighted by Crippen LogP contribution is -1.87. The van der Waals surface area contributed by atoms with Crippen molar-refractivity contribution in [3.05, 3.63) is 0 Å². The number of hydrogen-bond acceptors (Lipinski definition) is 3. The van der Waals surface area contributed by atoms with Crippen molar-refractivity contribution in [1.29, 1.82) is 0 Å². The second kappa shape index (κ2) is 5.62. The van der Waals surface area contributed by atoms with Crippen LogP contribution in [0.15, 0.2) is 0 Å². The van der Waals surface area contributed by atoms with Crippen LogP contribution in [-0.2, 0) is 8.26 Å². The molecule has 0 saturated carbocycles. The van der Waals surface area contributed by atoms with E-state index in [4.69, 9.17) is 14.2 Å². The molecule has 0 aliphatic carbocycles. The van der Waals surface area contributed by atoms with Gasteiger partial charge in [0.1, 0.15) is 0 Å². The molecule has 0 aromatic heterocycles. The molecule has 52 valence electrons. The number of hydrogen-bond donors (Lipinski definition) is 1. The van der Waals surface area contributed by atoms with Gasteiger partial charge >= 0.3 is 8.26 Å². The highest BCUT2D eigenvalue weighted by molar-refractivity contribution is 8.31. The van der Waals surface area contributed by atoms with Crippen LogP contribution in [0.2, 0.25) is 0 Å². The van der Waals surface area contributed by atoms with E-state index in [0.717, 1.165) is 6.54 Å². The Bertz CT molecular complexity index is 112. The molecule has 0 aromatic rings. The number of nitrogens with two attached hydrogens (primary N) is 1. The Kier molecular flexibility index (Phi) is 7.95. The molecule has 0 unspecified atom stereocenters. The molecule has 0 aliphatic rings. The lowest BCUT2D eigenvalue weighted by molar-refractivity contribution is 0.621. The average Bonchev–Trinajstić information content (AvgIpc) is 1.27. The maximum Gasteiger partial charge on any atom is 0.317 e. The van der Waals surface area contributed by atoms with Gasteiger partial charge in [-0.1, -0.05) is 6.92 Å². The molecule has 3 nitrogen and oxygen atoms in total. The highest BCUT2D eigenvalue weighted by atomic mass is 36.0. The summed E-state index contributed by atoms with van der Waals surface area (Å²) in [7, 11) is 4.81. The lowest BCUT2D eigenvalue weighted by atomic mass is 10.8. The fraction of sp³-hybridized carbons (Fsp3) is 1.00. The van der Waals surface area contributed by atoms with Crippen molar-refractivity contribution in [2.24, 2.45) is 5.73 Å². The SMILES string of the molecule is CCN.O=S(=O)(Cl)Cl. The molecular formula is C2H7Cl2NO2S. The Hall–Kier alpha value is 0.490. The molecular weight excluding hydrogens is 173 g/mol. The zero-order valence-electron chi connectivity index (χ0n) is 4.27. The Morgan fingerprint density at radius 1 is 1.50 bits per heavy atom. The largest absolute Gasteiger partial charge is 0.331 e. The summed E-state index contributed by atoms with van der Waals surface area (Å²) in [4.78, 5) is 0. The van der Waals surface area contributed by atoms with Crippen LogP contribution in [-0.4, -0.2) is 15.0 Å². The molecule has 0 fully saturated rings. The third kappa shape index (κ3) is 815. The summed E-state index contributed by atoms with van der Waals surface area (Å²) < 4.78 is 18.3. The van der Waals surface area contributed by atoms with Crippen LogP contribution < -0.4 is 5.73 Å². The van der Waals surface area contributed by atoms with Crippen LogP contribution in [0.1, 0.15) is 6.92 Å². The van der Waals surface area contributed by atoms with Gasteiger partial charge in [-0.25, -0.2) is 0 Å². The topological polar surface area (TPSA) is 60.2 Å². The molecule has 0 heterocycles. The quantitative estimate of drug-likeness (QED) is 0.557. The van der Waals surface area contributed by atoms with Crippen molar-refractivity contribution in [3.63, 3.8) is 0 Å². The molecule has 0 aliphatic heterocycles. The van der Waals surface area contributed by atoms with Gasteiger partial charge < -0.3 is 5.73 Å². The summed E-state index contributed by atoms with van der Waals surface area (Å²) >= 11 is 0. The van der Waals surface area contributed by atoms with Gasteiger partial charge in [-0.05, 0) is 6.54 Å². The summed E-state index contributed by atoms with van der Waals surface area (Å²) in [6.07, 6.45) is 0. The van der Waals surface area contributed by atoms with Crippen LogP contribution >= 0.6 is 21.4 Å². The van der Waals surface area contributed by atoms with Crippen molar-refractivity contribution in [3.8, 4) is 0 Å². The molecule has 0 saturated heterocycles. The van der Waals surface area contributed by atoms with E-state index < -0.39 is 8.26 Å². The predicted octanol–water partition coefficient (Wildman–Crippen LogP) is 0.674. The molecule has 0 spiro atoms. The molecule has 2 N–H and O–H groups in total. The Labute approximate surface area is 57.7 Å². The molecule has 0 rings (SSSR count). The van der Waals surface area contributed by atoms with Crippen LogP contribution in [0.3, 0.4) is 0 Å². The van der Waals surface area contributed by atoms with Gasteiger partial charge in [0, 0.05) is 21.4 Å². The van der Waals surface area contributed by atoms with Crippen molar-refractivity contribution in [1.82, 2.24) is 0 Å². The lowest BCUT2D eigenvalue weighted by Gasteiger charge is -1.61. The zero-order valence-corrected chi connectivity index (χ0v) is 6.59. The molecule has 0 amide bonds. The molecule has 8 heavy (non-hydrogen) atoms. The van der Waals surface area contributed by atoms with Crippen molar-refractivity contribution in [2.75, 3.05) is 6.54 Å². The minimum Gasteiger partial charge on any atom is -0.331 e. The fourth-order valence-electron chi connectivity index (χ4n) is 0. The summed E-state index contributed by atoms with van der Waals surface area (Å²) in [5.74, 6) is 0. The van der Waals surface area contributed by atoms with Gasteiger partial charge in [0.15, 0.2) is 0 Å². The van der Waals surface area contributed by atoms with Crippen molar-refractivity contribution < 1.29 is 8.42 Å². The first-order chi connectivity index (χ1) is 3.41. The average molecular weight is 180 g/mol. The smallest absolute Gasteiger partial charge is 0.317 e. The van der Waals surface area contributed by atoms with E-state index >= 15 is 0 Å². The Morgan fingerprint density at radius 2 is 1.50 bits per heavy atom.